The Bertz CT molecular complexity index is 494. The molecule has 20 heavy (non-hydrogen) atoms. The molecule has 1 aliphatic heterocycles. The highest BCUT2D eigenvalue weighted by molar-refractivity contribution is 5.91. The first-order chi connectivity index (χ1) is 9.45. The number of carbonyl (C=O) groups is 2. The SMILES string of the molecule is CCOC(=O)C(OC(=O)c1ccccc1)C1OC1(C)C. The fourth-order valence-corrected chi connectivity index (χ4v) is 1.94. The van der Waals surface area contributed by atoms with Gasteiger partial charge in [0.25, 0.3) is 0 Å². The monoisotopic (exact) mass is 278 g/mol. The van der Waals surface area contributed by atoms with Crippen LogP contribution in [-0.2, 0) is 19.0 Å². The van der Waals surface area contributed by atoms with Crippen LogP contribution in [-0.4, -0.2) is 36.4 Å². The minimum atomic E-state index is -1.03. The van der Waals surface area contributed by atoms with Crippen LogP contribution in [0, 0.1) is 0 Å². The van der Waals surface area contributed by atoms with Crippen LogP contribution in [0.15, 0.2) is 30.3 Å². The summed E-state index contributed by atoms with van der Waals surface area (Å²) < 4.78 is 15.6. The lowest BCUT2D eigenvalue weighted by Gasteiger charge is -2.15. The maximum absolute atomic E-state index is 12.0. The molecule has 1 saturated heterocycles. The van der Waals surface area contributed by atoms with Crippen LogP contribution >= 0.6 is 0 Å². The molecule has 108 valence electrons. The fraction of sp³-hybridized carbons (Fsp3) is 0.467. The van der Waals surface area contributed by atoms with E-state index in [0.29, 0.717) is 5.56 Å². The molecule has 5 heteroatoms. The Morgan fingerprint density at radius 2 is 1.90 bits per heavy atom. The molecule has 1 aromatic rings. The van der Waals surface area contributed by atoms with Crippen molar-refractivity contribution in [2.45, 2.75) is 38.6 Å². The van der Waals surface area contributed by atoms with Crippen LogP contribution in [0.1, 0.15) is 31.1 Å². The summed E-state index contributed by atoms with van der Waals surface area (Å²) in [5.74, 6) is -1.14. The number of ether oxygens (including phenoxy) is 3. The zero-order valence-corrected chi connectivity index (χ0v) is 11.8. The zero-order valence-electron chi connectivity index (χ0n) is 11.8. The molecule has 0 spiro atoms. The smallest absolute Gasteiger partial charge is 0.350 e. The van der Waals surface area contributed by atoms with Crippen LogP contribution < -0.4 is 0 Å². The van der Waals surface area contributed by atoms with Crippen molar-refractivity contribution in [3.63, 3.8) is 0 Å². The fourth-order valence-electron chi connectivity index (χ4n) is 1.94. The second kappa shape index (κ2) is 5.63. The summed E-state index contributed by atoms with van der Waals surface area (Å²) >= 11 is 0. The van der Waals surface area contributed by atoms with Crippen molar-refractivity contribution < 1.29 is 23.8 Å². The van der Waals surface area contributed by atoms with Crippen molar-refractivity contribution in [3.8, 4) is 0 Å². The van der Waals surface area contributed by atoms with E-state index in [-0.39, 0.29) is 6.61 Å². The molecule has 2 rings (SSSR count). The Balaban J connectivity index is 2.08. The standard InChI is InChI=1S/C15H18O5/c1-4-18-14(17)11(12-15(2,3)20-12)19-13(16)10-8-6-5-7-9-10/h5-9,11-12H,4H2,1-3H3. The number of epoxide rings is 1. The van der Waals surface area contributed by atoms with E-state index in [0.717, 1.165) is 0 Å². The Hall–Kier alpha value is -1.88. The summed E-state index contributed by atoms with van der Waals surface area (Å²) in [6.07, 6.45) is -1.49. The summed E-state index contributed by atoms with van der Waals surface area (Å²) in [6.45, 7) is 5.60. The molecule has 2 atom stereocenters. The second-order valence-electron chi connectivity index (χ2n) is 5.09. The van der Waals surface area contributed by atoms with Crippen molar-refractivity contribution >= 4 is 11.9 Å². The van der Waals surface area contributed by atoms with E-state index in [1.54, 1.807) is 37.3 Å². The lowest BCUT2D eigenvalue weighted by Crippen LogP contribution is -2.36. The van der Waals surface area contributed by atoms with E-state index < -0.39 is 29.7 Å². The molecule has 5 nitrogen and oxygen atoms in total. The zero-order chi connectivity index (χ0) is 14.8. The molecule has 0 aliphatic carbocycles. The van der Waals surface area contributed by atoms with E-state index in [1.165, 1.54) is 0 Å². The first-order valence-corrected chi connectivity index (χ1v) is 6.56. The maximum Gasteiger partial charge on any atom is 0.350 e. The molecule has 1 aliphatic rings. The van der Waals surface area contributed by atoms with Gasteiger partial charge in [0.2, 0.25) is 6.10 Å². The molecule has 0 N–H and O–H groups in total. The van der Waals surface area contributed by atoms with Gasteiger partial charge in [-0.3, -0.25) is 0 Å². The number of esters is 2. The summed E-state index contributed by atoms with van der Waals surface area (Å²) in [7, 11) is 0. The molecule has 1 heterocycles. The average Bonchev–Trinajstić information content (AvgIpc) is 3.05. The quantitative estimate of drug-likeness (QED) is 0.608. The summed E-state index contributed by atoms with van der Waals surface area (Å²) in [5, 5.41) is 0. The Morgan fingerprint density at radius 1 is 1.30 bits per heavy atom. The van der Waals surface area contributed by atoms with Crippen molar-refractivity contribution in [1.82, 2.24) is 0 Å². The highest BCUT2D eigenvalue weighted by Gasteiger charge is 2.57. The highest BCUT2D eigenvalue weighted by atomic mass is 16.7. The lowest BCUT2D eigenvalue weighted by molar-refractivity contribution is -0.154. The third-order valence-corrected chi connectivity index (χ3v) is 3.10. The average molecular weight is 278 g/mol. The molecule has 1 aromatic carbocycles. The summed E-state index contributed by atoms with van der Waals surface area (Å²) in [6, 6.07) is 8.51. The predicted octanol–water partition coefficient (Wildman–Crippen LogP) is 1.95. The van der Waals surface area contributed by atoms with Gasteiger partial charge in [0.15, 0.2) is 0 Å². The molecular formula is C15H18O5. The van der Waals surface area contributed by atoms with Crippen molar-refractivity contribution in [2.75, 3.05) is 6.61 Å². The first kappa shape index (κ1) is 14.5. The van der Waals surface area contributed by atoms with Gasteiger partial charge in [0.05, 0.1) is 17.8 Å². The minimum Gasteiger partial charge on any atom is -0.463 e. The van der Waals surface area contributed by atoms with Gasteiger partial charge >= 0.3 is 11.9 Å². The Kier molecular flexibility index (Phi) is 4.09. The van der Waals surface area contributed by atoms with Gasteiger partial charge in [-0.15, -0.1) is 0 Å². The van der Waals surface area contributed by atoms with Crippen molar-refractivity contribution in [1.29, 1.82) is 0 Å². The molecular weight excluding hydrogens is 260 g/mol. The van der Waals surface area contributed by atoms with E-state index in [1.807, 2.05) is 13.8 Å². The molecule has 2 unspecified atom stereocenters. The third kappa shape index (κ3) is 3.17. The largest absolute Gasteiger partial charge is 0.463 e. The Morgan fingerprint density at radius 3 is 2.40 bits per heavy atom. The van der Waals surface area contributed by atoms with Gasteiger partial charge in [-0.1, -0.05) is 18.2 Å². The van der Waals surface area contributed by atoms with Gasteiger partial charge in [-0.05, 0) is 32.9 Å². The first-order valence-electron chi connectivity index (χ1n) is 6.56. The Labute approximate surface area is 117 Å². The number of hydrogen-bond acceptors (Lipinski definition) is 5. The number of benzene rings is 1. The molecule has 1 fully saturated rings. The van der Waals surface area contributed by atoms with Gasteiger partial charge in [-0.25, -0.2) is 9.59 Å². The van der Waals surface area contributed by atoms with Gasteiger partial charge in [0, 0.05) is 0 Å². The normalized spacial score (nSPS) is 20.9. The van der Waals surface area contributed by atoms with E-state index >= 15 is 0 Å². The molecule has 0 radical (unpaired) electrons. The summed E-state index contributed by atoms with van der Waals surface area (Å²) in [4.78, 5) is 23.9. The van der Waals surface area contributed by atoms with Crippen LogP contribution in [0.3, 0.4) is 0 Å². The minimum absolute atomic E-state index is 0.228. The maximum atomic E-state index is 12.0. The molecule has 0 bridgehead atoms. The van der Waals surface area contributed by atoms with Gasteiger partial charge < -0.3 is 14.2 Å². The molecule has 0 aromatic heterocycles. The van der Waals surface area contributed by atoms with Crippen molar-refractivity contribution in [3.05, 3.63) is 35.9 Å². The molecule has 0 amide bonds. The number of rotatable bonds is 5. The van der Waals surface area contributed by atoms with Gasteiger partial charge in [0.1, 0.15) is 6.10 Å². The van der Waals surface area contributed by atoms with Crippen LogP contribution in [0.2, 0.25) is 0 Å². The number of hydrogen-bond donors (Lipinski definition) is 0. The van der Waals surface area contributed by atoms with Gasteiger partial charge in [-0.2, -0.15) is 0 Å². The highest BCUT2D eigenvalue weighted by Crippen LogP contribution is 2.39. The van der Waals surface area contributed by atoms with Crippen LogP contribution in [0.25, 0.3) is 0 Å². The second-order valence-corrected chi connectivity index (χ2v) is 5.09. The summed E-state index contributed by atoms with van der Waals surface area (Å²) in [5.41, 5.74) is -0.0887. The van der Waals surface area contributed by atoms with E-state index in [2.05, 4.69) is 0 Å². The number of carbonyl (C=O) groups excluding carboxylic acids is 2. The predicted molar refractivity (Wildman–Crippen MR) is 71.2 cm³/mol. The van der Waals surface area contributed by atoms with Crippen molar-refractivity contribution in [2.24, 2.45) is 0 Å². The third-order valence-electron chi connectivity index (χ3n) is 3.10. The van der Waals surface area contributed by atoms with Crippen LogP contribution in [0.5, 0.6) is 0 Å². The topological polar surface area (TPSA) is 65.1 Å². The van der Waals surface area contributed by atoms with E-state index in [9.17, 15) is 9.59 Å². The molecule has 0 saturated carbocycles. The van der Waals surface area contributed by atoms with Crippen LogP contribution in [0.4, 0.5) is 0 Å². The van der Waals surface area contributed by atoms with E-state index in [4.69, 9.17) is 14.2 Å². The lowest BCUT2D eigenvalue weighted by atomic mass is 10.1.